The highest BCUT2D eigenvalue weighted by Crippen LogP contribution is 2.42. The highest BCUT2D eigenvalue weighted by molar-refractivity contribution is 7.65. The molecule has 1 aliphatic rings. The van der Waals surface area contributed by atoms with Gasteiger partial charge >= 0.3 is 0 Å². The van der Waals surface area contributed by atoms with Crippen molar-refractivity contribution in [1.29, 1.82) is 0 Å². The van der Waals surface area contributed by atoms with Gasteiger partial charge in [0.25, 0.3) is 7.52 Å². The molecule has 0 aliphatic carbocycles. The van der Waals surface area contributed by atoms with Crippen LogP contribution in [0.1, 0.15) is 6.42 Å². The predicted molar refractivity (Wildman–Crippen MR) is 52.3 cm³/mol. The van der Waals surface area contributed by atoms with Crippen LogP contribution in [0.3, 0.4) is 0 Å². The zero-order valence-electron chi connectivity index (χ0n) is 7.27. The van der Waals surface area contributed by atoms with Crippen molar-refractivity contribution < 1.29 is 9.09 Å². The second kappa shape index (κ2) is 3.62. The van der Waals surface area contributed by atoms with Crippen molar-refractivity contribution in [1.82, 2.24) is 5.09 Å². The van der Waals surface area contributed by atoms with Gasteiger partial charge in [0.05, 0.1) is 11.9 Å². The third-order valence-corrected chi connectivity index (χ3v) is 4.17. The minimum atomic E-state index is -2.72. The van der Waals surface area contributed by atoms with Crippen LogP contribution in [0, 0.1) is 0 Å². The lowest BCUT2D eigenvalue weighted by atomic mass is 10.4. The molecular formula is C9H12NO2P. The first-order chi connectivity index (χ1) is 6.31. The highest BCUT2D eigenvalue weighted by Gasteiger charge is 2.27. The molecule has 0 bridgehead atoms. The molecule has 0 aromatic heterocycles. The molecule has 13 heavy (non-hydrogen) atoms. The van der Waals surface area contributed by atoms with Crippen molar-refractivity contribution >= 4 is 12.8 Å². The van der Waals surface area contributed by atoms with Crippen molar-refractivity contribution in [3.63, 3.8) is 0 Å². The maximum Gasteiger partial charge on any atom is 0.299 e. The molecule has 0 saturated carbocycles. The van der Waals surface area contributed by atoms with E-state index >= 15 is 0 Å². The van der Waals surface area contributed by atoms with Gasteiger partial charge in [-0.1, -0.05) is 18.2 Å². The van der Waals surface area contributed by atoms with E-state index in [0.717, 1.165) is 18.3 Å². The van der Waals surface area contributed by atoms with Gasteiger partial charge in [-0.05, 0) is 18.6 Å². The molecular weight excluding hydrogens is 185 g/mol. The van der Waals surface area contributed by atoms with Gasteiger partial charge < -0.3 is 4.52 Å². The van der Waals surface area contributed by atoms with Crippen LogP contribution in [-0.2, 0) is 9.09 Å². The SMILES string of the molecule is O=P1(c2ccccc2)NCCCO1. The Morgan fingerprint density at radius 1 is 1.31 bits per heavy atom. The number of hydrogen-bond acceptors (Lipinski definition) is 2. The summed E-state index contributed by atoms with van der Waals surface area (Å²) in [6.07, 6.45) is 0.927. The topological polar surface area (TPSA) is 38.3 Å². The fraction of sp³-hybridized carbons (Fsp3) is 0.333. The van der Waals surface area contributed by atoms with Crippen LogP contribution in [-0.4, -0.2) is 13.2 Å². The molecule has 4 heteroatoms. The maximum atomic E-state index is 12.1. The lowest BCUT2D eigenvalue weighted by Crippen LogP contribution is -2.27. The summed E-state index contributed by atoms with van der Waals surface area (Å²) in [5, 5.41) is 3.70. The molecule has 1 aromatic carbocycles. The van der Waals surface area contributed by atoms with Gasteiger partial charge in [-0.15, -0.1) is 0 Å². The van der Waals surface area contributed by atoms with Gasteiger partial charge in [-0.25, -0.2) is 5.09 Å². The standard InChI is InChI=1S/C9H12NO2P/c11-13(10-7-4-8-12-13)9-5-2-1-3-6-9/h1-3,5-6H,4,7-8H2,(H,10,11). The Labute approximate surface area is 77.6 Å². The summed E-state index contributed by atoms with van der Waals surface area (Å²) in [6, 6.07) is 9.31. The van der Waals surface area contributed by atoms with E-state index in [0.29, 0.717) is 6.61 Å². The molecule has 0 amide bonds. The molecule has 1 N–H and O–H groups in total. The number of benzene rings is 1. The summed E-state index contributed by atoms with van der Waals surface area (Å²) in [5.41, 5.74) is 0. The van der Waals surface area contributed by atoms with E-state index < -0.39 is 7.52 Å². The van der Waals surface area contributed by atoms with Crippen molar-refractivity contribution in [2.75, 3.05) is 13.2 Å². The second-order valence-electron chi connectivity index (χ2n) is 2.98. The Bertz CT molecular complexity index is 316. The summed E-state index contributed by atoms with van der Waals surface area (Å²) < 4.78 is 17.4. The van der Waals surface area contributed by atoms with Crippen molar-refractivity contribution in [3.05, 3.63) is 30.3 Å². The summed E-state index contributed by atoms with van der Waals surface area (Å²) in [5.74, 6) is 0. The molecule has 0 spiro atoms. The Morgan fingerprint density at radius 2 is 2.08 bits per heavy atom. The van der Waals surface area contributed by atoms with E-state index in [1.165, 1.54) is 0 Å². The molecule has 1 atom stereocenters. The van der Waals surface area contributed by atoms with Gasteiger partial charge in [0.1, 0.15) is 0 Å². The summed E-state index contributed by atoms with van der Waals surface area (Å²) in [6.45, 7) is 1.35. The third-order valence-electron chi connectivity index (χ3n) is 2.01. The molecule has 3 nitrogen and oxygen atoms in total. The largest absolute Gasteiger partial charge is 0.314 e. The smallest absolute Gasteiger partial charge is 0.299 e. The van der Waals surface area contributed by atoms with Crippen LogP contribution in [0.15, 0.2) is 30.3 Å². The lowest BCUT2D eigenvalue weighted by Gasteiger charge is -2.24. The zero-order chi connectivity index (χ0) is 9.15. The van der Waals surface area contributed by atoms with E-state index in [1.807, 2.05) is 30.3 Å². The molecule has 1 heterocycles. The molecule has 2 rings (SSSR count). The molecule has 1 unspecified atom stereocenters. The van der Waals surface area contributed by atoms with Crippen molar-refractivity contribution in [2.24, 2.45) is 0 Å². The van der Waals surface area contributed by atoms with Crippen LogP contribution in [0.25, 0.3) is 0 Å². The third kappa shape index (κ3) is 1.83. The second-order valence-corrected chi connectivity index (χ2v) is 5.18. The molecule has 1 aromatic rings. The number of rotatable bonds is 1. The Kier molecular flexibility index (Phi) is 2.49. The molecule has 0 radical (unpaired) electrons. The van der Waals surface area contributed by atoms with E-state index in [4.69, 9.17) is 4.52 Å². The fourth-order valence-corrected chi connectivity index (χ4v) is 3.15. The van der Waals surface area contributed by atoms with Crippen LogP contribution >= 0.6 is 7.52 Å². The molecule has 1 fully saturated rings. The van der Waals surface area contributed by atoms with Crippen LogP contribution in [0.4, 0.5) is 0 Å². The van der Waals surface area contributed by atoms with E-state index in [2.05, 4.69) is 5.09 Å². The average molecular weight is 197 g/mol. The van der Waals surface area contributed by atoms with Gasteiger partial charge in [-0.3, -0.25) is 4.57 Å². The fourth-order valence-electron chi connectivity index (χ4n) is 1.33. The quantitative estimate of drug-likeness (QED) is 0.693. The number of nitrogens with one attached hydrogen (secondary N) is 1. The Balaban J connectivity index is 2.29. The zero-order valence-corrected chi connectivity index (χ0v) is 8.17. The van der Waals surface area contributed by atoms with Gasteiger partial charge in [0.15, 0.2) is 0 Å². The van der Waals surface area contributed by atoms with E-state index in [1.54, 1.807) is 0 Å². The molecule has 1 aliphatic heterocycles. The normalized spacial score (nSPS) is 28.6. The summed E-state index contributed by atoms with van der Waals surface area (Å²) >= 11 is 0. The average Bonchev–Trinajstić information content (AvgIpc) is 2.20. The maximum absolute atomic E-state index is 12.1. The van der Waals surface area contributed by atoms with Crippen LogP contribution in [0.2, 0.25) is 0 Å². The van der Waals surface area contributed by atoms with E-state index in [9.17, 15) is 4.57 Å². The van der Waals surface area contributed by atoms with Gasteiger partial charge in [0.2, 0.25) is 0 Å². The molecule has 1 saturated heterocycles. The monoisotopic (exact) mass is 197 g/mol. The highest BCUT2D eigenvalue weighted by atomic mass is 31.2. The predicted octanol–water partition coefficient (Wildman–Crippen LogP) is 1.51. The minimum absolute atomic E-state index is 0.583. The van der Waals surface area contributed by atoms with Crippen molar-refractivity contribution in [2.45, 2.75) is 6.42 Å². The number of hydrogen-bond donors (Lipinski definition) is 1. The molecule has 70 valence electrons. The van der Waals surface area contributed by atoms with Crippen LogP contribution in [0.5, 0.6) is 0 Å². The lowest BCUT2D eigenvalue weighted by molar-refractivity contribution is 0.285. The first-order valence-corrected chi connectivity index (χ1v) is 5.99. The van der Waals surface area contributed by atoms with Crippen LogP contribution < -0.4 is 10.4 Å². The summed E-state index contributed by atoms with van der Waals surface area (Å²) in [7, 11) is -2.72. The van der Waals surface area contributed by atoms with E-state index in [-0.39, 0.29) is 0 Å². The van der Waals surface area contributed by atoms with Gasteiger partial charge in [0, 0.05) is 6.54 Å². The minimum Gasteiger partial charge on any atom is -0.314 e. The first-order valence-electron chi connectivity index (χ1n) is 4.37. The van der Waals surface area contributed by atoms with Gasteiger partial charge in [-0.2, -0.15) is 0 Å². The Morgan fingerprint density at radius 3 is 2.69 bits per heavy atom. The first kappa shape index (κ1) is 8.95. The summed E-state index contributed by atoms with van der Waals surface area (Å²) in [4.78, 5) is 0. The van der Waals surface area contributed by atoms with Crippen molar-refractivity contribution in [3.8, 4) is 0 Å². The Hall–Kier alpha value is -0.630.